The maximum Gasteiger partial charge on any atom is 0.351 e. The van der Waals surface area contributed by atoms with E-state index in [-0.39, 0.29) is 0 Å². The summed E-state index contributed by atoms with van der Waals surface area (Å²) in [5.41, 5.74) is 0. The third-order valence-electron chi connectivity index (χ3n) is 1.95. The van der Waals surface area contributed by atoms with Gasteiger partial charge in [0.25, 0.3) is 0 Å². The van der Waals surface area contributed by atoms with Gasteiger partial charge in [-0.05, 0) is 6.42 Å². The van der Waals surface area contributed by atoms with Gasteiger partial charge in [-0.25, -0.2) is 9.59 Å². The van der Waals surface area contributed by atoms with Gasteiger partial charge in [-0.3, -0.25) is 0 Å². The molecule has 0 aliphatic carbocycles. The van der Waals surface area contributed by atoms with Crippen molar-refractivity contribution in [3.05, 3.63) is 0 Å². The molecule has 0 radical (unpaired) electrons. The molecule has 0 saturated carbocycles. The zero-order chi connectivity index (χ0) is 10.6. The Kier molecular flexibility index (Phi) is 9.12. The highest BCUT2D eigenvalue weighted by molar-refractivity contribution is 5.79. The first-order valence-electron chi connectivity index (χ1n) is 5.17. The molecule has 0 aliphatic rings. The number of carbonyl (C=O) groups excluding carboxylic acids is 2. The van der Waals surface area contributed by atoms with E-state index in [2.05, 4.69) is 17.2 Å². The minimum atomic E-state index is -0.589. The number of rotatable bonds is 7. The van der Waals surface area contributed by atoms with Crippen molar-refractivity contribution >= 4 is 12.1 Å². The van der Waals surface area contributed by atoms with Crippen LogP contribution in [0.3, 0.4) is 0 Å². The van der Waals surface area contributed by atoms with Gasteiger partial charge in [-0.1, -0.05) is 39.0 Å². The Morgan fingerprint density at radius 1 is 1.21 bits per heavy atom. The van der Waals surface area contributed by atoms with Gasteiger partial charge in [-0.15, -0.1) is 4.99 Å². The molecule has 80 valence electrons. The average molecular weight is 198 g/mol. The Morgan fingerprint density at radius 3 is 2.50 bits per heavy atom. The lowest BCUT2D eigenvalue weighted by Crippen LogP contribution is -2.20. The number of isocyanates is 1. The number of amides is 2. The van der Waals surface area contributed by atoms with Crippen LogP contribution in [0.1, 0.15) is 45.4 Å². The minimum Gasteiger partial charge on any atom is -0.336 e. The van der Waals surface area contributed by atoms with Crippen molar-refractivity contribution in [1.29, 1.82) is 0 Å². The largest absolute Gasteiger partial charge is 0.351 e. The SMILES string of the molecule is CCCCCCCCNC(=O)N=C=O. The molecule has 4 nitrogen and oxygen atoms in total. The normalized spacial score (nSPS) is 9.21. The highest BCUT2D eigenvalue weighted by Crippen LogP contribution is 2.03. The number of carbonyl (C=O) groups is 1. The number of nitrogens with one attached hydrogen (secondary N) is 1. The summed E-state index contributed by atoms with van der Waals surface area (Å²) in [6.45, 7) is 2.77. The number of hydrogen-bond donors (Lipinski definition) is 1. The molecule has 0 heterocycles. The molecule has 0 saturated heterocycles. The Balaban J connectivity index is 3.13. The molecule has 0 spiro atoms. The fraction of sp³-hybridized carbons (Fsp3) is 0.800. The van der Waals surface area contributed by atoms with Crippen LogP contribution >= 0.6 is 0 Å². The van der Waals surface area contributed by atoms with E-state index >= 15 is 0 Å². The number of unbranched alkanes of at least 4 members (excludes halogenated alkanes) is 5. The molecule has 0 aliphatic heterocycles. The zero-order valence-corrected chi connectivity index (χ0v) is 8.71. The van der Waals surface area contributed by atoms with Crippen LogP contribution in [0.5, 0.6) is 0 Å². The Bertz CT molecular complexity index is 198. The van der Waals surface area contributed by atoms with Crippen molar-refractivity contribution in [2.24, 2.45) is 4.99 Å². The lowest BCUT2D eigenvalue weighted by Gasteiger charge is -2.00. The van der Waals surface area contributed by atoms with E-state index < -0.39 is 6.03 Å². The van der Waals surface area contributed by atoms with Crippen LogP contribution in [0.2, 0.25) is 0 Å². The van der Waals surface area contributed by atoms with Gasteiger partial charge in [0.2, 0.25) is 6.08 Å². The van der Waals surface area contributed by atoms with Gasteiger partial charge >= 0.3 is 6.03 Å². The molecular weight excluding hydrogens is 180 g/mol. The minimum absolute atomic E-state index is 0.589. The summed E-state index contributed by atoms with van der Waals surface area (Å²) in [6.07, 6.45) is 8.25. The van der Waals surface area contributed by atoms with E-state index in [1.807, 2.05) is 0 Å². The predicted octanol–water partition coefficient (Wildman–Crippen LogP) is 2.39. The molecule has 4 heteroatoms. The lowest BCUT2D eigenvalue weighted by atomic mass is 10.1. The summed E-state index contributed by atoms with van der Waals surface area (Å²) in [5, 5.41) is 2.51. The van der Waals surface area contributed by atoms with Gasteiger partial charge in [0.05, 0.1) is 0 Å². The lowest BCUT2D eigenvalue weighted by molar-refractivity contribution is 0.249. The standard InChI is InChI=1S/C10H18N2O2/c1-2-3-4-5-6-7-8-11-10(14)12-9-13/h2-8H2,1H3,(H,11,14). The molecule has 0 rings (SSSR count). The summed E-state index contributed by atoms with van der Waals surface area (Å²) >= 11 is 0. The van der Waals surface area contributed by atoms with Crippen LogP contribution in [0, 0.1) is 0 Å². The van der Waals surface area contributed by atoms with Gasteiger partial charge in [0.15, 0.2) is 0 Å². The quantitative estimate of drug-likeness (QED) is 0.388. The second-order valence-electron chi connectivity index (χ2n) is 3.20. The molecule has 14 heavy (non-hydrogen) atoms. The van der Waals surface area contributed by atoms with Gasteiger partial charge in [0.1, 0.15) is 0 Å². The van der Waals surface area contributed by atoms with Crippen LogP contribution in [0.15, 0.2) is 4.99 Å². The maximum atomic E-state index is 10.6. The summed E-state index contributed by atoms with van der Waals surface area (Å²) < 4.78 is 0. The van der Waals surface area contributed by atoms with E-state index in [9.17, 15) is 9.59 Å². The van der Waals surface area contributed by atoms with Crippen LogP contribution in [0.25, 0.3) is 0 Å². The molecule has 1 N–H and O–H groups in total. The highest BCUT2D eigenvalue weighted by atomic mass is 16.2. The summed E-state index contributed by atoms with van der Waals surface area (Å²) in [6, 6.07) is -0.589. The van der Waals surface area contributed by atoms with E-state index in [1.165, 1.54) is 31.8 Å². The molecule has 2 amide bonds. The molecule has 0 bridgehead atoms. The third-order valence-corrected chi connectivity index (χ3v) is 1.95. The number of aliphatic imine (C=N–C) groups is 1. The first-order valence-corrected chi connectivity index (χ1v) is 5.17. The summed E-state index contributed by atoms with van der Waals surface area (Å²) in [5.74, 6) is 0. The first kappa shape index (κ1) is 12.8. The third kappa shape index (κ3) is 8.94. The Morgan fingerprint density at radius 2 is 1.86 bits per heavy atom. The Labute approximate surface area is 84.8 Å². The summed E-state index contributed by atoms with van der Waals surface area (Å²) in [4.78, 5) is 23.2. The first-order chi connectivity index (χ1) is 6.81. The second kappa shape index (κ2) is 9.93. The van der Waals surface area contributed by atoms with Crippen molar-refractivity contribution in [3.63, 3.8) is 0 Å². The maximum absolute atomic E-state index is 10.6. The highest BCUT2D eigenvalue weighted by Gasteiger charge is 1.95. The number of hydrogen-bond acceptors (Lipinski definition) is 2. The van der Waals surface area contributed by atoms with Crippen molar-refractivity contribution in [2.45, 2.75) is 45.4 Å². The number of nitrogens with zero attached hydrogens (tertiary/aromatic N) is 1. The molecule has 0 aromatic heterocycles. The molecule has 0 atom stereocenters. The van der Waals surface area contributed by atoms with Crippen molar-refractivity contribution in [1.82, 2.24) is 5.32 Å². The van der Waals surface area contributed by atoms with Crippen LogP contribution in [-0.2, 0) is 4.79 Å². The molecule has 0 aromatic rings. The van der Waals surface area contributed by atoms with Gasteiger partial charge in [-0.2, -0.15) is 0 Å². The van der Waals surface area contributed by atoms with Crippen molar-refractivity contribution in [3.8, 4) is 0 Å². The van der Waals surface area contributed by atoms with Gasteiger partial charge < -0.3 is 5.32 Å². The van der Waals surface area contributed by atoms with Crippen LogP contribution in [-0.4, -0.2) is 18.7 Å². The monoisotopic (exact) mass is 198 g/mol. The fourth-order valence-electron chi connectivity index (χ4n) is 1.18. The van der Waals surface area contributed by atoms with Gasteiger partial charge in [0, 0.05) is 6.54 Å². The van der Waals surface area contributed by atoms with Crippen molar-refractivity contribution < 1.29 is 9.59 Å². The van der Waals surface area contributed by atoms with Crippen LogP contribution < -0.4 is 5.32 Å². The van der Waals surface area contributed by atoms with E-state index in [1.54, 1.807) is 0 Å². The molecule has 0 fully saturated rings. The zero-order valence-electron chi connectivity index (χ0n) is 8.71. The second-order valence-corrected chi connectivity index (χ2v) is 3.20. The topological polar surface area (TPSA) is 58.5 Å². The average Bonchev–Trinajstić information content (AvgIpc) is 2.17. The number of urea groups is 1. The molecular formula is C10H18N2O2. The predicted molar refractivity (Wildman–Crippen MR) is 54.9 cm³/mol. The van der Waals surface area contributed by atoms with E-state index in [0.717, 1.165) is 12.8 Å². The van der Waals surface area contributed by atoms with Crippen LogP contribution in [0.4, 0.5) is 4.79 Å². The fourth-order valence-corrected chi connectivity index (χ4v) is 1.18. The smallest absolute Gasteiger partial charge is 0.336 e. The molecule has 0 aromatic carbocycles. The van der Waals surface area contributed by atoms with Crippen molar-refractivity contribution in [2.75, 3.05) is 6.54 Å². The Hall–Kier alpha value is -1.15. The van der Waals surface area contributed by atoms with E-state index in [4.69, 9.17) is 0 Å². The molecule has 0 unspecified atom stereocenters. The summed E-state index contributed by atoms with van der Waals surface area (Å²) in [7, 11) is 0. The van der Waals surface area contributed by atoms with E-state index in [0.29, 0.717) is 6.54 Å².